The lowest BCUT2D eigenvalue weighted by molar-refractivity contribution is 0.225. The Bertz CT molecular complexity index is 437. The van der Waals surface area contributed by atoms with Crippen molar-refractivity contribution >= 4 is 0 Å². The third-order valence-electron chi connectivity index (χ3n) is 4.36. The van der Waals surface area contributed by atoms with Crippen LogP contribution in [0.3, 0.4) is 0 Å². The molecule has 1 heterocycles. The van der Waals surface area contributed by atoms with E-state index < -0.39 is 0 Å². The Balaban J connectivity index is 2.04. The zero-order valence-electron chi connectivity index (χ0n) is 14.0. The molecule has 1 saturated carbocycles. The van der Waals surface area contributed by atoms with E-state index in [0.29, 0.717) is 11.5 Å². The van der Waals surface area contributed by atoms with Crippen LogP contribution >= 0.6 is 0 Å². The normalized spacial score (nSPS) is 19.4. The molecule has 0 bridgehead atoms. The molecular weight excluding hydrogens is 246 g/mol. The van der Waals surface area contributed by atoms with Crippen molar-refractivity contribution in [3.63, 3.8) is 0 Å². The van der Waals surface area contributed by atoms with E-state index in [2.05, 4.69) is 63.8 Å². The Hall–Kier alpha value is -0.830. The summed E-state index contributed by atoms with van der Waals surface area (Å²) >= 11 is 0. The van der Waals surface area contributed by atoms with Crippen LogP contribution < -0.4 is 5.32 Å². The van der Waals surface area contributed by atoms with Crippen LogP contribution in [-0.4, -0.2) is 21.9 Å². The number of hydrogen-bond donors (Lipinski definition) is 1. The fraction of sp³-hybridized carbons (Fsp3) is 0.824. The number of nitrogens with one attached hydrogen (secondary N) is 1. The van der Waals surface area contributed by atoms with Crippen molar-refractivity contribution in [1.29, 1.82) is 0 Å². The van der Waals surface area contributed by atoms with Crippen LogP contribution in [0, 0.1) is 11.3 Å². The highest BCUT2D eigenvalue weighted by atomic mass is 15.3. The van der Waals surface area contributed by atoms with Gasteiger partial charge in [-0.25, -0.2) is 0 Å². The molecule has 1 atom stereocenters. The number of nitrogens with zero attached hydrogens (tertiary/aromatic N) is 2. The van der Waals surface area contributed by atoms with Gasteiger partial charge in [0.2, 0.25) is 0 Å². The van der Waals surface area contributed by atoms with E-state index in [1.54, 1.807) is 0 Å². The van der Waals surface area contributed by atoms with Crippen molar-refractivity contribution in [1.82, 2.24) is 15.1 Å². The summed E-state index contributed by atoms with van der Waals surface area (Å²) in [5, 5.41) is 8.44. The van der Waals surface area contributed by atoms with Gasteiger partial charge in [-0.2, -0.15) is 5.10 Å². The Morgan fingerprint density at radius 2 is 1.95 bits per heavy atom. The fourth-order valence-electron chi connectivity index (χ4n) is 2.77. The summed E-state index contributed by atoms with van der Waals surface area (Å²) in [5.41, 5.74) is 1.76. The molecule has 0 aromatic carbocycles. The van der Waals surface area contributed by atoms with Gasteiger partial charge in [-0.1, -0.05) is 6.92 Å². The van der Waals surface area contributed by atoms with E-state index in [4.69, 9.17) is 5.10 Å². The van der Waals surface area contributed by atoms with Gasteiger partial charge in [-0.3, -0.25) is 4.68 Å². The van der Waals surface area contributed by atoms with Crippen LogP contribution in [0.25, 0.3) is 0 Å². The molecule has 114 valence electrons. The summed E-state index contributed by atoms with van der Waals surface area (Å²) in [6, 6.07) is 2.64. The van der Waals surface area contributed by atoms with Crippen LogP contribution in [0.5, 0.6) is 0 Å². The maximum absolute atomic E-state index is 4.74. The summed E-state index contributed by atoms with van der Waals surface area (Å²) in [6.07, 6.45) is 5.96. The van der Waals surface area contributed by atoms with Crippen molar-refractivity contribution < 1.29 is 0 Å². The minimum Gasteiger partial charge on any atom is -0.312 e. The van der Waals surface area contributed by atoms with Crippen molar-refractivity contribution in [3.05, 3.63) is 18.0 Å². The third kappa shape index (κ3) is 4.08. The van der Waals surface area contributed by atoms with Crippen molar-refractivity contribution in [3.8, 4) is 0 Å². The summed E-state index contributed by atoms with van der Waals surface area (Å²) in [5.74, 6) is 0.863. The van der Waals surface area contributed by atoms with Crippen LogP contribution in [0.2, 0.25) is 0 Å². The molecule has 0 amide bonds. The highest BCUT2D eigenvalue weighted by Crippen LogP contribution is 2.47. The standard InChI is InChI=1S/C17H31N3/c1-13(2)20-10-9-15(19-20)11-17(6,14-7-8-14)12-18-16(3,4)5/h9-10,13-14,18H,7-8,11-12H2,1-6H3. The first-order valence-electron chi connectivity index (χ1n) is 7.99. The van der Waals surface area contributed by atoms with E-state index in [1.807, 2.05) is 0 Å². The minimum atomic E-state index is 0.188. The monoisotopic (exact) mass is 277 g/mol. The molecule has 1 aromatic heterocycles. The van der Waals surface area contributed by atoms with E-state index in [-0.39, 0.29) is 5.54 Å². The highest BCUT2D eigenvalue weighted by molar-refractivity contribution is 5.07. The second kappa shape index (κ2) is 5.51. The SMILES string of the molecule is CC(C)n1ccc(CC(C)(CNC(C)(C)C)C2CC2)n1. The van der Waals surface area contributed by atoms with Gasteiger partial charge in [0.15, 0.2) is 0 Å². The second-order valence-electron chi connectivity index (χ2n) is 8.09. The average molecular weight is 277 g/mol. The first-order valence-corrected chi connectivity index (χ1v) is 7.99. The largest absolute Gasteiger partial charge is 0.312 e. The van der Waals surface area contributed by atoms with Crippen LogP contribution in [0.4, 0.5) is 0 Å². The third-order valence-corrected chi connectivity index (χ3v) is 4.36. The number of aromatic nitrogens is 2. The Labute approximate surface area is 124 Å². The predicted molar refractivity (Wildman–Crippen MR) is 84.9 cm³/mol. The summed E-state index contributed by atoms with van der Waals surface area (Å²) in [4.78, 5) is 0. The van der Waals surface area contributed by atoms with Crippen molar-refractivity contribution in [2.75, 3.05) is 6.54 Å². The van der Waals surface area contributed by atoms with Crippen LogP contribution in [0.1, 0.15) is 66.1 Å². The maximum atomic E-state index is 4.74. The molecule has 1 aliphatic rings. The van der Waals surface area contributed by atoms with E-state index >= 15 is 0 Å². The van der Waals surface area contributed by atoms with Gasteiger partial charge in [0.05, 0.1) is 5.69 Å². The van der Waals surface area contributed by atoms with E-state index in [0.717, 1.165) is 18.9 Å². The van der Waals surface area contributed by atoms with Crippen molar-refractivity contribution in [2.24, 2.45) is 11.3 Å². The Kier molecular flexibility index (Phi) is 4.29. The lowest BCUT2D eigenvalue weighted by Crippen LogP contribution is -2.44. The first kappa shape index (κ1) is 15.6. The fourth-order valence-corrected chi connectivity index (χ4v) is 2.77. The molecule has 3 nitrogen and oxygen atoms in total. The average Bonchev–Trinajstić information content (AvgIpc) is 3.08. The smallest absolute Gasteiger partial charge is 0.0630 e. The molecule has 1 aliphatic carbocycles. The van der Waals surface area contributed by atoms with E-state index in [9.17, 15) is 0 Å². The Morgan fingerprint density at radius 3 is 2.40 bits per heavy atom. The first-order chi connectivity index (χ1) is 9.20. The van der Waals surface area contributed by atoms with E-state index in [1.165, 1.54) is 18.5 Å². The lowest BCUT2D eigenvalue weighted by Gasteiger charge is -2.33. The maximum Gasteiger partial charge on any atom is 0.0630 e. The molecule has 3 heteroatoms. The van der Waals surface area contributed by atoms with Crippen molar-refractivity contribution in [2.45, 2.75) is 72.4 Å². The van der Waals surface area contributed by atoms with Gasteiger partial charge >= 0.3 is 0 Å². The summed E-state index contributed by atoms with van der Waals surface area (Å²) in [6.45, 7) is 14.6. The van der Waals surface area contributed by atoms with Gasteiger partial charge in [0, 0.05) is 24.3 Å². The quantitative estimate of drug-likeness (QED) is 0.857. The zero-order valence-corrected chi connectivity index (χ0v) is 14.0. The molecule has 0 aliphatic heterocycles. The zero-order chi connectivity index (χ0) is 15.0. The summed E-state index contributed by atoms with van der Waals surface area (Å²) < 4.78 is 2.07. The molecule has 20 heavy (non-hydrogen) atoms. The predicted octanol–water partition coefficient (Wildman–Crippen LogP) is 3.81. The van der Waals surface area contributed by atoms with Crippen LogP contribution in [-0.2, 0) is 6.42 Å². The lowest BCUT2D eigenvalue weighted by atomic mass is 9.79. The van der Waals surface area contributed by atoms with Gasteiger partial charge in [-0.05, 0) is 71.3 Å². The molecule has 1 aromatic rings. The van der Waals surface area contributed by atoms with Gasteiger partial charge in [0.1, 0.15) is 0 Å². The molecule has 0 radical (unpaired) electrons. The van der Waals surface area contributed by atoms with Gasteiger partial charge in [0.25, 0.3) is 0 Å². The number of hydrogen-bond acceptors (Lipinski definition) is 2. The molecule has 1 N–H and O–H groups in total. The van der Waals surface area contributed by atoms with Crippen LogP contribution in [0.15, 0.2) is 12.3 Å². The topological polar surface area (TPSA) is 29.9 Å². The minimum absolute atomic E-state index is 0.188. The molecule has 0 saturated heterocycles. The molecule has 1 fully saturated rings. The highest BCUT2D eigenvalue weighted by Gasteiger charge is 2.42. The van der Waals surface area contributed by atoms with Gasteiger partial charge in [-0.15, -0.1) is 0 Å². The molecule has 0 spiro atoms. The molecule has 2 rings (SSSR count). The second-order valence-corrected chi connectivity index (χ2v) is 8.09. The van der Waals surface area contributed by atoms with Gasteiger partial charge < -0.3 is 5.32 Å². The number of rotatable bonds is 6. The molecule has 1 unspecified atom stereocenters. The molecular formula is C17H31N3. The summed E-state index contributed by atoms with van der Waals surface area (Å²) in [7, 11) is 0. The Morgan fingerprint density at radius 1 is 1.30 bits per heavy atom.